The Morgan fingerprint density at radius 1 is 1.17 bits per heavy atom. The highest BCUT2D eigenvalue weighted by Crippen LogP contribution is 2.37. The van der Waals surface area contributed by atoms with Gasteiger partial charge < -0.3 is 15.7 Å². The normalized spacial score (nSPS) is 19.0. The number of nitrogens with one attached hydrogen (secondary N) is 2. The van der Waals surface area contributed by atoms with E-state index in [1.54, 1.807) is 11.3 Å². The van der Waals surface area contributed by atoms with Gasteiger partial charge in [-0.1, -0.05) is 25.5 Å². The monoisotopic (exact) mass is 411 g/mol. The lowest BCUT2D eigenvalue weighted by Gasteiger charge is -2.18. The number of aryl methyl sites for hydroxylation is 1. The molecule has 1 fully saturated rings. The molecule has 29 heavy (non-hydrogen) atoms. The number of benzene rings is 1. The third-order valence-electron chi connectivity index (χ3n) is 5.55. The summed E-state index contributed by atoms with van der Waals surface area (Å²) in [4.78, 5) is 14.4. The SMILES string of the molecule is CCCCNc1nc(C)c(-c2nc3ccccc3s2)c(N[C@H]2CC[C@@H](CO)C2)n1. The number of fused-ring (bicyclic) bond motifs is 1. The predicted octanol–water partition coefficient (Wildman–Crippen LogP) is 4.85. The maximum Gasteiger partial charge on any atom is 0.224 e. The fourth-order valence-corrected chi connectivity index (χ4v) is 5.00. The summed E-state index contributed by atoms with van der Waals surface area (Å²) in [6.45, 7) is 5.33. The first-order chi connectivity index (χ1) is 14.2. The van der Waals surface area contributed by atoms with Crippen molar-refractivity contribution in [3.05, 3.63) is 30.0 Å². The Bertz CT molecular complexity index is 940. The maximum absolute atomic E-state index is 9.50. The summed E-state index contributed by atoms with van der Waals surface area (Å²) in [5.74, 6) is 1.89. The minimum atomic E-state index is 0.259. The molecule has 0 aliphatic heterocycles. The maximum atomic E-state index is 9.50. The number of aromatic nitrogens is 3. The van der Waals surface area contributed by atoms with E-state index in [9.17, 15) is 5.11 Å². The van der Waals surface area contributed by atoms with Crippen LogP contribution < -0.4 is 10.6 Å². The van der Waals surface area contributed by atoms with Crippen LogP contribution >= 0.6 is 11.3 Å². The highest BCUT2D eigenvalue weighted by molar-refractivity contribution is 7.21. The van der Waals surface area contributed by atoms with Crippen LogP contribution in [0.15, 0.2) is 24.3 Å². The van der Waals surface area contributed by atoms with Crippen LogP contribution in [0.5, 0.6) is 0 Å². The van der Waals surface area contributed by atoms with Gasteiger partial charge in [-0.15, -0.1) is 11.3 Å². The van der Waals surface area contributed by atoms with E-state index in [0.717, 1.165) is 66.2 Å². The van der Waals surface area contributed by atoms with E-state index in [4.69, 9.17) is 15.0 Å². The van der Waals surface area contributed by atoms with E-state index in [-0.39, 0.29) is 6.61 Å². The van der Waals surface area contributed by atoms with Gasteiger partial charge in [0.25, 0.3) is 0 Å². The number of hydrogen-bond donors (Lipinski definition) is 3. The second kappa shape index (κ2) is 9.05. The van der Waals surface area contributed by atoms with Gasteiger partial charge in [0.15, 0.2) is 0 Å². The average molecular weight is 412 g/mol. The van der Waals surface area contributed by atoms with Gasteiger partial charge in [0.1, 0.15) is 10.8 Å². The molecular formula is C22H29N5OS. The van der Waals surface area contributed by atoms with Gasteiger partial charge in [-0.25, -0.2) is 9.97 Å². The lowest BCUT2D eigenvalue weighted by atomic mass is 10.1. The van der Waals surface area contributed by atoms with Gasteiger partial charge >= 0.3 is 0 Å². The van der Waals surface area contributed by atoms with Crippen molar-refractivity contribution in [1.82, 2.24) is 15.0 Å². The van der Waals surface area contributed by atoms with Crippen LogP contribution in [0.1, 0.15) is 44.7 Å². The van der Waals surface area contributed by atoms with E-state index in [0.29, 0.717) is 17.9 Å². The predicted molar refractivity (Wildman–Crippen MR) is 121 cm³/mol. The van der Waals surface area contributed by atoms with Crippen LogP contribution in [-0.4, -0.2) is 39.3 Å². The number of nitrogens with zero attached hydrogens (tertiary/aromatic N) is 3. The highest BCUT2D eigenvalue weighted by atomic mass is 32.1. The molecular weight excluding hydrogens is 382 g/mol. The molecule has 3 N–H and O–H groups in total. The number of thiazole rings is 1. The zero-order chi connectivity index (χ0) is 20.2. The topological polar surface area (TPSA) is 83.0 Å². The van der Waals surface area contributed by atoms with Crippen LogP contribution in [0.25, 0.3) is 20.8 Å². The first kappa shape index (κ1) is 20.0. The fourth-order valence-electron chi connectivity index (χ4n) is 3.93. The molecule has 0 unspecified atom stereocenters. The molecule has 6 nitrogen and oxygen atoms in total. The van der Waals surface area contributed by atoms with Crippen molar-refractivity contribution in [2.75, 3.05) is 23.8 Å². The first-order valence-corrected chi connectivity index (χ1v) is 11.4. The molecule has 3 aromatic rings. The number of para-hydroxylation sites is 1. The number of unbranched alkanes of at least 4 members (excludes halogenated alkanes) is 1. The lowest BCUT2D eigenvalue weighted by molar-refractivity contribution is 0.229. The summed E-state index contributed by atoms with van der Waals surface area (Å²) in [5, 5.41) is 17.5. The third kappa shape index (κ3) is 4.51. The standard InChI is InChI=1S/C22H29N5OS/c1-3-4-11-23-22-24-14(2)19(21-26-17-7-5-6-8-18(17)29-21)20(27-22)25-16-10-9-15(12-16)13-28/h5-8,15-16,28H,3-4,9-13H2,1-2H3,(H2,23,24,25,27)/t15-,16+/m1/s1. The zero-order valence-corrected chi connectivity index (χ0v) is 17.9. The number of aliphatic hydroxyl groups is 1. The Morgan fingerprint density at radius 2 is 2.03 bits per heavy atom. The summed E-state index contributed by atoms with van der Waals surface area (Å²) in [6.07, 6.45) is 5.29. The molecule has 4 rings (SSSR count). The van der Waals surface area contributed by atoms with Gasteiger partial charge in [0.05, 0.1) is 21.5 Å². The quantitative estimate of drug-likeness (QED) is 0.460. The highest BCUT2D eigenvalue weighted by Gasteiger charge is 2.26. The molecule has 0 saturated heterocycles. The molecule has 0 amide bonds. The molecule has 7 heteroatoms. The average Bonchev–Trinajstić information content (AvgIpc) is 3.34. The zero-order valence-electron chi connectivity index (χ0n) is 17.1. The second-order valence-electron chi connectivity index (χ2n) is 7.83. The molecule has 1 aliphatic carbocycles. The minimum absolute atomic E-state index is 0.259. The Labute approximate surface area is 175 Å². The largest absolute Gasteiger partial charge is 0.396 e. The summed E-state index contributed by atoms with van der Waals surface area (Å²) >= 11 is 1.68. The third-order valence-corrected chi connectivity index (χ3v) is 6.61. The molecule has 154 valence electrons. The lowest BCUT2D eigenvalue weighted by Crippen LogP contribution is -2.19. The molecule has 0 radical (unpaired) electrons. The molecule has 1 saturated carbocycles. The second-order valence-corrected chi connectivity index (χ2v) is 8.86. The summed E-state index contributed by atoms with van der Waals surface area (Å²) in [7, 11) is 0. The summed E-state index contributed by atoms with van der Waals surface area (Å²) in [6, 6.07) is 8.52. The number of rotatable bonds is 8. The van der Waals surface area contributed by atoms with E-state index in [2.05, 4.69) is 23.6 Å². The van der Waals surface area contributed by atoms with Gasteiger partial charge in [-0.2, -0.15) is 4.98 Å². The molecule has 1 aliphatic rings. The van der Waals surface area contributed by atoms with Crippen LogP contribution in [0, 0.1) is 12.8 Å². The van der Waals surface area contributed by atoms with Crippen LogP contribution in [0.2, 0.25) is 0 Å². The van der Waals surface area contributed by atoms with Crippen LogP contribution in [0.4, 0.5) is 11.8 Å². The number of hydrogen-bond acceptors (Lipinski definition) is 7. The first-order valence-electron chi connectivity index (χ1n) is 10.5. The van der Waals surface area contributed by atoms with Crippen molar-refractivity contribution in [3.8, 4) is 10.6 Å². The molecule has 0 spiro atoms. The van der Waals surface area contributed by atoms with Crippen molar-refractivity contribution in [2.45, 2.75) is 52.0 Å². The van der Waals surface area contributed by atoms with Crippen molar-refractivity contribution in [1.29, 1.82) is 0 Å². The molecule has 2 aromatic heterocycles. The summed E-state index contributed by atoms with van der Waals surface area (Å²) < 4.78 is 1.17. The van der Waals surface area contributed by atoms with Gasteiger partial charge in [-0.3, -0.25) is 0 Å². The van der Waals surface area contributed by atoms with Crippen molar-refractivity contribution < 1.29 is 5.11 Å². The van der Waals surface area contributed by atoms with Gasteiger partial charge in [0.2, 0.25) is 5.95 Å². The van der Waals surface area contributed by atoms with Crippen LogP contribution in [0.3, 0.4) is 0 Å². The Kier molecular flexibility index (Phi) is 6.25. The van der Waals surface area contributed by atoms with Crippen molar-refractivity contribution in [2.24, 2.45) is 5.92 Å². The van der Waals surface area contributed by atoms with Crippen molar-refractivity contribution >= 4 is 33.3 Å². The Balaban J connectivity index is 1.69. The smallest absolute Gasteiger partial charge is 0.224 e. The summed E-state index contributed by atoms with van der Waals surface area (Å²) in [5.41, 5.74) is 2.92. The van der Waals surface area contributed by atoms with E-state index in [1.807, 2.05) is 25.1 Å². The van der Waals surface area contributed by atoms with E-state index < -0.39 is 0 Å². The minimum Gasteiger partial charge on any atom is -0.396 e. The van der Waals surface area contributed by atoms with Gasteiger partial charge in [-0.05, 0) is 50.7 Å². The van der Waals surface area contributed by atoms with Crippen LogP contribution in [-0.2, 0) is 0 Å². The fraction of sp³-hybridized carbons (Fsp3) is 0.500. The van der Waals surface area contributed by atoms with E-state index >= 15 is 0 Å². The molecule has 2 heterocycles. The molecule has 0 bridgehead atoms. The van der Waals surface area contributed by atoms with E-state index in [1.165, 1.54) is 4.70 Å². The number of anilines is 2. The Hall–Kier alpha value is -2.25. The Morgan fingerprint density at radius 3 is 2.79 bits per heavy atom. The number of aliphatic hydroxyl groups excluding tert-OH is 1. The van der Waals surface area contributed by atoms with Crippen molar-refractivity contribution in [3.63, 3.8) is 0 Å². The van der Waals surface area contributed by atoms with Gasteiger partial charge in [0, 0.05) is 19.2 Å². The molecule has 2 atom stereocenters. The molecule has 1 aromatic carbocycles.